The molecule has 1 rings (SSSR count). The van der Waals surface area contributed by atoms with Crippen LogP contribution in [-0.2, 0) is 4.74 Å². The predicted molar refractivity (Wildman–Crippen MR) is 65.4 cm³/mol. The Kier molecular flexibility index (Phi) is 6.03. The number of aromatic nitrogens is 1. The molecule has 0 bridgehead atoms. The van der Waals surface area contributed by atoms with Gasteiger partial charge in [0.2, 0.25) is 0 Å². The lowest BCUT2D eigenvalue weighted by Gasteiger charge is -2.06. The zero-order valence-electron chi connectivity index (χ0n) is 9.98. The largest absolute Gasteiger partial charge is 0.477 e. The van der Waals surface area contributed by atoms with Crippen LogP contribution >= 0.6 is 0 Å². The lowest BCUT2D eigenvalue weighted by molar-refractivity contribution is 0.0690. The van der Waals surface area contributed by atoms with Gasteiger partial charge in [0.05, 0.1) is 0 Å². The minimum atomic E-state index is -1.01. The molecule has 17 heavy (non-hydrogen) atoms. The Labute approximate surface area is 101 Å². The first kappa shape index (κ1) is 13.4. The molecule has 94 valence electrons. The second kappa shape index (κ2) is 7.62. The Morgan fingerprint density at radius 1 is 1.47 bits per heavy atom. The summed E-state index contributed by atoms with van der Waals surface area (Å²) in [7, 11) is 0. The molecule has 0 spiro atoms. The van der Waals surface area contributed by atoms with Crippen LogP contribution in [0.5, 0.6) is 0 Å². The summed E-state index contributed by atoms with van der Waals surface area (Å²) in [5, 5.41) is 11.8. The van der Waals surface area contributed by atoms with Crippen LogP contribution in [-0.4, -0.2) is 35.8 Å². The number of rotatable bonds is 8. The smallest absolute Gasteiger partial charge is 0.354 e. The molecule has 2 N–H and O–H groups in total. The molecule has 0 aromatic carbocycles. The normalized spacial score (nSPS) is 10.2. The van der Waals surface area contributed by atoms with Gasteiger partial charge in [-0.1, -0.05) is 13.0 Å². The molecule has 0 unspecified atom stereocenters. The van der Waals surface area contributed by atoms with Crippen LogP contribution in [0.3, 0.4) is 0 Å². The molecule has 0 radical (unpaired) electrons. The Hall–Kier alpha value is -1.62. The fourth-order valence-electron chi connectivity index (χ4n) is 1.29. The molecular weight excluding hydrogens is 220 g/mol. The van der Waals surface area contributed by atoms with Gasteiger partial charge >= 0.3 is 5.97 Å². The van der Waals surface area contributed by atoms with E-state index in [0.29, 0.717) is 12.4 Å². The van der Waals surface area contributed by atoms with E-state index in [-0.39, 0.29) is 5.69 Å². The summed E-state index contributed by atoms with van der Waals surface area (Å²) in [4.78, 5) is 14.6. The number of nitrogens with zero attached hydrogens (tertiary/aromatic N) is 1. The van der Waals surface area contributed by atoms with Crippen molar-refractivity contribution < 1.29 is 14.6 Å². The average molecular weight is 238 g/mol. The summed E-state index contributed by atoms with van der Waals surface area (Å²) in [6, 6.07) is 4.89. The predicted octanol–water partition coefficient (Wildman–Crippen LogP) is 2.01. The van der Waals surface area contributed by atoms with Crippen molar-refractivity contribution in [2.75, 3.05) is 25.1 Å². The molecule has 5 heteroatoms. The van der Waals surface area contributed by atoms with Crippen molar-refractivity contribution in [2.45, 2.75) is 19.8 Å². The minimum Gasteiger partial charge on any atom is -0.477 e. The number of hydrogen-bond acceptors (Lipinski definition) is 4. The van der Waals surface area contributed by atoms with E-state index >= 15 is 0 Å². The van der Waals surface area contributed by atoms with Gasteiger partial charge in [-0.2, -0.15) is 0 Å². The fraction of sp³-hybridized carbons (Fsp3) is 0.500. The maximum Gasteiger partial charge on any atom is 0.354 e. The van der Waals surface area contributed by atoms with Crippen molar-refractivity contribution in [3.63, 3.8) is 0 Å². The Morgan fingerprint density at radius 3 is 3.00 bits per heavy atom. The Bertz CT molecular complexity index is 355. The third-order valence-corrected chi connectivity index (χ3v) is 2.09. The third-order valence-electron chi connectivity index (χ3n) is 2.09. The summed E-state index contributed by atoms with van der Waals surface area (Å²) in [5.74, 6) is -0.430. The zero-order chi connectivity index (χ0) is 12.5. The van der Waals surface area contributed by atoms with E-state index in [1.165, 1.54) is 6.07 Å². The third kappa shape index (κ3) is 5.31. The first-order valence-corrected chi connectivity index (χ1v) is 5.76. The minimum absolute atomic E-state index is 0.0530. The second-order valence-electron chi connectivity index (χ2n) is 3.61. The second-order valence-corrected chi connectivity index (χ2v) is 3.61. The summed E-state index contributed by atoms with van der Waals surface area (Å²) in [6.45, 7) is 4.28. The highest BCUT2D eigenvalue weighted by atomic mass is 16.5. The number of carboxylic acid groups (broad SMARTS) is 1. The van der Waals surface area contributed by atoms with Crippen LogP contribution < -0.4 is 5.32 Å². The first-order valence-electron chi connectivity index (χ1n) is 5.76. The number of hydrogen-bond donors (Lipinski definition) is 2. The van der Waals surface area contributed by atoms with Gasteiger partial charge in [0.15, 0.2) is 5.69 Å². The van der Waals surface area contributed by atoms with E-state index in [1.807, 2.05) is 0 Å². The molecule has 0 aliphatic carbocycles. The van der Waals surface area contributed by atoms with E-state index in [4.69, 9.17) is 9.84 Å². The number of anilines is 1. The zero-order valence-corrected chi connectivity index (χ0v) is 9.98. The molecule has 1 heterocycles. The van der Waals surface area contributed by atoms with Gasteiger partial charge in [0.25, 0.3) is 0 Å². The van der Waals surface area contributed by atoms with Crippen molar-refractivity contribution in [1.29, 1.82) is 0 Å². The number of nitrogens with one attached hydrogen (secondary N) is 1. The summed E-state index contributed by atoms with van der Waals surface area (Å²) < 4.78 is 5.33. The molecule has 0 aliphatic rings. The van der Waals surface area contributed by atoms with Crippen molar-refractivity contribution in [3.8, 4) is 0 Å². The Morgan fingerprint density at radius 2 is 2.29 bits per heavy atom. The Balaban J connectivity index is 2.27. The number of aromatic carboxylic acids is 1. The van der Waals surface area contributed by atoms with Gasteiger partial charge < -0.3 is 15.2 Å². The lowest BCUT2D eigenvalue weighted by Crippen LogP contribution is -2.09. The van der Waals surface area contributed by atoms with E-state index in [9.17, 15) is 4.79 Å². The molecule has 0 fully saturated rings. The maximum atomic E-state index is 10.7. The number of ether oxygens (including phenoxy) is 1. The van der Waals surface area contributed by atoms with Crippen molar-refractivity contribution in [2.24, 2.45) is 0 Å². The average Bonchev–Trinajstić information content (AvgIpc) is 2.34. The summed E-state index contributed by atoms with van der Waals surface area (Å²) >= 11 is 0. The van der Waals surface area contributed by atoms with E-state index < -0.39 is 5.97 Å². The van der Waals surface area contributed by atoms with E-state index in [1.54, 1.807) is 12.1 Å². The fourth-order valence-corrected chi connectivity index (χ4v) is 1.29. The van der Waals surface area contributed by atoms with Crippen LogP contribution in [0.2, 0.25) is 0 Å². The molecule has 1 aromatic heterocycles. The molecule has 0 saturated carbocycles. The van der Waals surface area contributed by atoms with Crippen LogP contribution in [0.15, 0.2) is 18.2 Å². The molecule has 0 atom stereocenters. The SMILES string of the molecule is CCCOCCCNc1cccc(C(=O)O)n1. The topological polar surface area (TPSA) is 71.5 Å². The van der Waals surface area contributed by atoms with Crippen molar-refractivity contribution in [1.82, 2.24) is 4.98 Å². The molecular formula is C12H18N2O3. The molecule has 1 aromatic rings. The first-order chi connectivity index (χ1) is 8.24. The summed E-state index contributed by atoms with van der Waals surface area (Å²) in [6.07, 6.45) is 1.90. The molecule has 0 saturated heterocycles. The van der Waals surface area contributed by atoms with E-state index in [2.05, 4.69) is 17.2 Å². The van der Waals surface area contributed by atoms with Gasteiger partial charge in [-0.3, -0.25) is 0 Å². The van der Waals surface area contributed by atoms with Gasteiger partial charge in [0, 0.05) is 19.8 Å². The van der Waals surface area contributed by atoms with E-state index in [0.717, 1.165) is 26.0 Å². The highest BCUT2D eigenvalue weighted by Crippen LogP contribution is 2.04. The van der Waals surface area contributed by atoms with Gasteiger partial charge in [-0.05, 0) is 25.0 Å². The van der Waals surface area contributed by atoms with Gasteiger partial charge in [-0.15, -0.1) is 0 Å². The molecule has 0 aliphatic heterocycles. The monoisotopic (exact) mass is 238 g/mol. The number of carboxylic acids is 1. The molecule has 5 nitrogen and oxygen atoms in total. The number of carbonyl (C=O) groups is 1. The van der Waals surface area contributed by atoms with Crippen molar-refractivity contribution in [3.05, 3.63) is 23.9 Å². The highest BCUT2D eigenvalue weighted by Gasteiger charge is 2.04. The number of pyridine rings is 1. The standard InChI is InChI=1S/C12H18N2O3/c1-2-8-17-9-4-7-13-11-6-3-5-10(14-11)12(15)16/h3,5-6H,2,4,7-9H2,1H3,(H,13,14)(H,15,16). The van der Waals surface area contributed by atoms with Crippen LogP contribution in [0.25, 0.3) is 0 Å². The van der Waals surface area contributed by atoms with Gasteiger partial charge in [0.1, 0.15) is 5.82 Å². The van der Waals surface area contributed by atoms with Crippen LogP contribution in [0.4, 0.5) is 5.82 Å². The quantitative estimate of drug-likeness (QED) is 0.678. The summed E-state index contributed by atoms with van der Waals surface area (Å²) in [5.41, 5.74) is 0.0530. The van der Waals surface area contributed by atoms with Crippen LogP contribution in [0.1, 0.15) is 30.3 Å². The maximum absolute atomic E-state index is 10.7. The molecule has 0 amide bonds. The highest BCUT2D eigenvalue weighted by molar-refractivity contribution is 5.85. The van der Waals surface area contributed by atoms with Crippen LogP contribution in [0, 0.1) is 0 Å². The van der Waals surface area contributed by atoms with Gasteiger partial charge in [-0.25, -0.2) is 9.78 Å². The van der Waals surface area contributed by atoms with Crippen molar-refractivity contribution >= 4 is 11.8 Å². The lowest BCUT2D eigenvalue weighted by atomic mass is 10.3.